The molecule has 1 rings (SSSR count). The standard InChI is InChI=1S/C9H15F3N2O/c1-14(6-9(10,11)12)7(15)5-8(13)3-2-4-8/h2-6,13H2,1H3. The Bertz CT molecular complexity index is 248. The highest BCUT2D eigenvalue weighted by atomic mass is 19.4. The Kier molecular flexibility index (Phi) is 3.28. The molecule has 1 aliphatic carbocycles. The van der Waals surface area contributed by atoms with E-state index in [0.29, 0.717) is 4.90 Å². The number of rotatable bonds is 3. The van der Waals surface area contributed by atoms with Gasteiger partial charge in [-0.05, 0) is 19.3 Å². The summed E-state index contributed by atoms with van der Waals surface area (Å²) in [5, 5.41) is 0. The van der Waals surface area contributed by atoms with E-state index in [1.807, 2.05) is 0 Å². The molecule has 2 N–H and O–H groups in total. The minimum absolute atomic E-state index is 0.0135. The molecule has 0 unspecified atom stereocenters. The van der Waals surface area contributed by atoms with Crippen LogP contribution in [0, 0.1) is 0 Å². The van der Waals surface area contributed by atoms with E-state index in [0.717, 1.165) is 26.3 Å². The van der Waals surface area contributed by atoms with Crippen LogP contribution in [-0.4, -0.2) is 36.1 Å². The molecule has 0 aromatic carbocycles. The van der Waals surface area contributed by atoms with Crippen molar-refractivity contribution >= 4 is 5.91 Å². The first kappa shape index (κ1) is 12.3. The molecule has 15 heavy (non-hydrogen) atoms. The lowest BCUT2D eigenvalue weighted by atomic mass is 9.75. The second-order valence-corrected chi connectivity index (χ2v) is 4.26. The summed E-state index contributed by atoms with van der Waals surface area (Å²) in [6.45, 7) is -1.21. The lowest BCUT2D eigenvalue weighted by Gasteiger charge is -2.38. The van der Waals surface area contributed by atoms with Crippen molar-refractivity contribution in [1.82, 2.24) is 4.90 Å². The van der Waals surface area contributed by atoms with Crippen LogP contribution in [0.15, 0.2) is 0 Å². The van der Waals surface area contributed by atoms with E-state index in [1.165, 1.54) is 0 Å². The lowest BCUT2D eigenvalue weighted by Crippen LogP contribution is -2.50. The van der Waals surface area contributed by atoms with Crippen LogP contribution in [0.25, 0.3) is 0 Å². The zero-order valence-electron chi connectivity index (χ0n) is 8.60. The molecule has 6 heteroatoms. The molecule has 0 bridgehead atoms. The van der Waals surface area contributed by atoms with Crippen molar-refractivity contribution in [2.24, 2.45) is 5.73 Å². The number of halogens is 3. The number of hydrogen-bond donors (Lipinski definition) is 1. The molecule has 0 heterocycles. The Morgan fingerprint density at radius 1 is 1.47 bits per heavy atom. The first-order valence-electron chi connectivity index (χ1n) is 4.81. The predicted molar refractivity (Wildman–Crippen MR) is 49.1 cm³/mol. The molecule has 3 nitrogen and oxygen atoms in total. The lowest BCUT2D eigenvalue weighted by molar-refractivity contribution is -0.159. The number of nitrogens with zero attached hydrogens (tertiary/aromatic N) is 1. The smallest absolute Gasteiger partial charge is 0.337 e. The van der Waals surface area contributed by atoms with E-state index in [4.69, 9.17) is 5.73 Å². The van der Waals surface area contributed by atoms with Crippen molar-refractivity contribution in [2.75, 3.05) is 13.6 Å². The van der Waals surface area contributed by atoms with Gasteiger partial charge in [-0.1, -0.05) is 0 Å². The van der Waals surface area contributed by atoms with Crippen LogP contribution in [0.3, 0.4) is 0 Å². The summed E-state index contributed by atoms with van der Waals surface area (Å²) in [5.41, 5.74) is 5.22. The van der Waals surface area contributed by atoms with Crippen molar-refractivity contribution in [1.29, 1.82) is 0 Å². The van der Waals surface area contributed by atoms with Crippen LogP contribution in [0.4, 0.5) is 13.2 Å². The third-order valence-corrected chi connectivity index (χ3v) is 2.69. The highest BCUT2D eigenvalue weighted by Gasteiger charge is 2.37. The molecule has 1 saturated carbocycles. The summed E-state index contributed by atoms with van der Waals surface area (Å²) in [6.07, 6.45) is -1.94. The number of alkyl halides is 3. The number of nitrogens with two attached hydrogens (primary N) is 1. The molecule has 0 atom stereocenters. The average Bonchev–Trinajstić information content (AvgIpc) is 1.98. The maximum absolute atomic E-state index is 12.0. The van der Waals surface area contributed by atoms with Gasteiger partial charge >= 0.3 is 6.18 Å². The Labute approximate surface area is 86.4 Å². The molecular weight excluding hydrogens is 209 g/mol. The molecular formula is C9H15F3N2O. The highest BCUT2D eigenvalue weighted by Crippen LogP contribution is 2.32. The van der Waals surface area contributed by atoms with Crippen molar-refractivity contribution in [2.45, 2.75) is 37.4 Å². The van der Waals surface area contributed by atoms with Gasteiger partial charge < -0.3 is 10.6 Å². The monoisotopic (exact) mass is 224 g/mol. The van der Waals surface area contributed by atoms with Gasteiger partial charge in [0.1, 0.15) is 6.54 Å². The topological polar surface area (TPSA) is 46.3 Å². The summed E-state index contributed by atoms with van der Waals surface area (Å²) < 4.78 is 35.9. The fraction of sp³-hybridized carbons (Fsp3) is 0.889. The van der Waals surface area contributed by atoms with Gasteiger partial charge in [-0.2, -0.15) is 13.2 Å². The van der Waals surface area contributed by atoms with Gasteiger partial charge in [0, 0.05) is 19.0 Å². The molecule has 0 radical (unpaired) electrons. The Morgan fingerprint density at radius 3 is 2.33 bits per heavy atom. The predicted octanol–water partition coefficient (Wildman–Crippen LogP) is 1.28. The second kappa shape index (κ2) is 4.00. The third kappa shape index (κ3) is 3.70. The van der Waals surface area contributed by atoms with E-state index < -0.39 is 24.2 Å². The van der Waals surface area contributed by atoms with Crippen LogP contribution in [0.2, 0.25) is 0 Å². The maximum atomic E-state index is 12.0. The molecule has 0 aliphatic heterocycles. The highest BCUT2D eigenvalue weighted by molar-refractivity contribution is 5.77. The first-order valence-corrected chi connectivity index (χ1v) is 4.81. The van der Waals surface area contributed by atoms with Crippen LogP contribution in [0.5, 0.6) is 0 Å². The summed E-state index contributed by atoms with van der Waals surface area (Å²) in [5.74, 6) is -0.533. The molecule has 1 fully saturated rings. The SMILES string of the molecule is CN(CC(F)(F)F)C(=O)CC1(N)CCC1. The Balaban J connectivity index is 2.39. The summed E-state index contributed by atoms with van der Waals surface area (Å²) in [4.78, 5) is 12.1. The number of carbonyl (C=O) groups is 1. The van der Waals surface area contributed by atoms with Gasteiger partial charge in [0.15, 0.2) is 0 Å². The van der Waals surface area contributed by atoms with Crippen LogP contribution in [0.1, 0.15) is 25.7 Å². The molecule has 0 saturated heterocycles. The zero-order valence-corrected chi connectivity index (χ0v) is 8.60. The quantitative estimate of drug-likeness (QED) is 0.784. The van der Waals surface area contributed by atoms with E-state index in [-0.39, 0.29) is 6.42 Å². The van der Waals surface area contributed by atoms with Crippen LogP contribution in [-0.2, 0) is 4.79 Å². The molecule has 1 aliphatic rings. The minimum Gasteiger partial charge on any atom is -0.337 e. The van der Waals surface area contributed by atoms with Gasteiger partial charge in [0.2, 0.25) is 5.91 Å². The van der Waals surface area contributed by atoms with Gasteiger partial charge in [-0.3, -0.25) is 4.79 Å². The zero-order chi connectivity index (χ0) is 11.7. The van der Waals surface area contributed by atoms with Gasteiger partial charge in [-0.25, -0.2) is 0 Å². The second-order valence-electron chi connectivity index (χ2n) is 4.26. The van der Waals surface area contributed by atoms with Gasteiger partial charge in [0.05, 0.1) is 0 Å². The molecule has 1 amide bonds. The third-order valence-electron chi connectivity index (χ3n) is 2.69. The molecule has 0 spiro atoms. The molecule has 88 valence electrons. The number of carbonyl (C=O) groups excluding carboxylic acids is 1. The summed E-state index contributed by atoms with van der Waals surface area (Å²) >= 11 is 0. The normalized spacial score (nSPS) is 19.5. The van der Waals surface area contributed by atoms with Crippen LogP contribution < -0.4 is 5.73 Å². The van der Waals surface area contributed by atoms with Crippen LogP contribution >= 0.6 is 0 Å². The van der Waals surface area contributed by atoms with E-state index in [2.05, 4.69) is 0 Å². The largest absolute Gasteiger partial charge is 0.406 e. The number of hydrogen-bond acceptors (Lipinski definition) is 2. The minimum atomic E-state index is -4.34. The first-order chi connectivity index (χ1) is 6.72. The van der Waals surface area contributed by atoms with Gasteiger partial charge in [-0.15, -0.1) is 0 Å². The van der Waals surface area contributed by atoms with E-state index >= 15 is 0 Å². The fourth-order valence-electron chi connectivity index (χ4n) is 1.60. The van der Waals surface area contributed by atoms with Gasteiger partial charge in [0.25, 0.3) is 0 Å². The van der Waals surface area contributed by atoms with Crippen molar-refractivity contribution in [3.05, 3.63) is 0 Å². The van der Waals surface area contributed by atoms with Crippen molar-refractivity contribution in [3.8, 4) is 0 Å². The van der Waals surface area contributed by atoms with Crippen molar-refractivity contribution < 1.29 is 18.0 Å². The van der Waals surface area contributed by atoms with E-state index in [1.54, 1.807) is 0 Å². The Morgan fingerprint density at radius 2 is 2.00 bits per heavy atom. The fourth-order valence-corrected chi connectivity index (χ4v) is 1.60. The van der Waals surface area contributed by atoms with Crippen molar-refractivity contribution in [3.63, 3.8) is 0 Å². The average molecular weight is 224 g/mol. The Hall–Kier alpha value is -0.780. The summed E-state index contributed by atoms with van der Waals surface area (Å²) in [6, 6.07) is 0. The van der Waals surface area contributed by atoms with E-state index in [9.17, 15) is 18.0 Å². The summed E-state index contributed by atoms with van der Waals surface area (Å²) in [7, 11) is 1.15. The molecule has 0 aromatic heterocycles. The maximum Gasteiger partial charge on any atom is 0.406 e. The number of amides is 1. The molecule has 0 aromatic rings.